The van der Waals surface area contributed by atoms with Crippen LogP contribution in [0.3, 0.4) is 0 Å². The van der Waals surface area contributed by atoms with E-state index in [1.54, 1.807) is 7.11 Å². The molecule has 1 aliphatic carbocycles. The largest absolute Gasteiger partial charge is 0.459 e. The third kappa shape index (κ3) is 3.70. The van der Waals surface area contributed by atoms with Crippen LogP contribution in [0.5, 0.6) is 0 Å². The minimum atomic E-state index is -0.447. The number of methoxy groups -OCH3 is 1. The van der Waals surface area contributed by atoms with E-state index in [2.05, 4.69) is 12.6 Å². The lowest BCUT2D eigenvalue weighted by atomic mass is 9.95. The van der Waals surface area contributed by atoms with Crippen molar-refractivity contribution in [3.05, 3.63) is 29.6 Å². The number of halogens is 1. The number of carbonyl (C=O) groups is 1. The second-order valence-corrected chi connectivity index (χ2v) is 5.20. The van der Waals surface area contributed by atoms with Crippen LogP contribution >= 0.6 is 12.6 Å². The minimum absolute atomic E-state index is 0.125. The van der Waals surface area contributed by atoms with Gasteiger partial charge < -0.3 is 9.47 Å². The maximum atomic E-state index is 13.1. The fraction of sp³-hybridized carbons (Fsp3) is 0.500. The number of carbonyl (C=O) groups excluding carboxylic acids is 1. The summed E-state index contributed by atoms with van der Waals surface area (Å²) in [5.74, 6) is -0.881. The molecule has 0 saturated heterocycles. The van der Waals surface area contributed by atoms with Crippen LogP contribution in [0.1, 0.15) is 36.0 Å². The Morgan fingerprint density at radius 3 is 2.79 bits per heavy atom. The lowest BCUT2D eigenvalue weighted by molar-refractivity contribution is -0.0149. The second-order valence-electron chi connectivity index (χ2n) is 4.72. The van der Waals surface area contributed by atoms with E-state index in [9.17, 15) is 9.18 Å². The molecule has 0 bridgehead atoms. The van der Waals surface area contributed by atoms with E-state index in [-0.39, 0.29) is 17.1 Å². The first-order valence-electron chi connectivity index (χ1n) is 6.32. The average Bonchev–Trinajstić information content (AvgIpc) is 2.42. The van der Waals surface area contributed by atoms with Crippen molar-refractivity contribution in [3.63, 3.8) is 0 Å². The molecule has 3 nitrogen and oxygen atoms in total. The molecule has 2 rings (SSSR count). The van der Waals surface area contributed by atoms with Gasteiger partial charge in [-0.2, -0.15) is 0 Å². The smallest absolute Gasteiger partial charge is 0.338 e. The monoisotopic (exact) mass is 284 g/mol. The molecule has 0 aliphatic heterocycles. The Morgan fingerprint density at radius 1 is 1.37 bits per heavy atom. The van der Waals surface area contributed by atoms with Crippen molar-refractivity contribution in [1.29, 1.82) is 0 Å². The van der Waals surface area contributed by atoms with Crippen LogP contribution in [0.25, 0.3) is 0 Å². The molecule has 1 aromatic rings. The fourth-order valence-electron chi connectivity index (χ4n) is 2.28. The van der Waals surface area contributed by atoms with Gasteiger partial charge in [-0.05, 0) is 37.5 Å². The summed E-state index contributed by atoms with van der Waals surface area (Å²) < 4.78 is 23.8. The molecular formula is C14H17FO3S. The molecule has 19 heavy (non-hydrogen) atoms. The number of benzene rings is 1. The summed E-state index contributed by atoms with van der Waals surface area (Å²) in [5, 5.41) is 0. The Labute approximate surface area is 117 Å². The Balaban J connectivity index is 1.98. The van der Waals surface area contributed by atoms with Gasteiger partial charge in [-0.25, -0.2) is 9.18 Å². The standard InChI is InChI=1S/C14H17FO3S/c1-17-10-3-2-4-11(8-10)18-14(16)9-5-6-12(15)13(19)7-9/h5-7,10-11,19H,2-4,8H2,1H3. The highest BCUT2D eigenvalue weighted by atomic mass is 32.1. The molecule has 1 fully saturated rings. The van der Waals surface area contributed by atoms with Crippen LogP contribution in [0.2, 0.25) is 0 Å². The Morgan fingerprint density at radius 2 is 2.11 bits per heavy atom. The first-order chi connectivity index (χ1) is 9.10. The average molecular weight is 284 g/mol. The zero-order valence-electron chi connectivity index (χ0n) is 10.8. The van der Waals surface area contributed by atoms with E-state index in [4.69, 9.17) is 9.47 Å². The minimum Gasteiger partial charge on any atom is -0.459 e. The van der Waals surface area contributed by atoms with E-state index < -0.39 is 11.8 Å². The first kappa shape index (κ1) is 14.3. The molecule has 1 aliphatic rings. The Hall–Kier alpha value is -1.07. The van der Waals surface area contributed by atoms with Gasteiger partial charge in [-0.3, -0.25) is 0 Å². The van der Waals surface area contributed by atoms with Gasteiger partial charge in [0.1, 0.15) is 11.9 Å². The zero-order valence-corrected chi connectivity index (χ0v) is 11.7. The molecule has 104 valence electrons. The van der Waals surface area contributed by atoms with Crippen molar-refractivity contribution in [1.82, 2.24) is 0 Å². The van der Waals surface area contributed by atoms with E-state index >= 15 is 0 Å². The molecule has 0 aromatic heterocycles. The van der Waals surface area contributed by atoms with Gasteiger partial charge in [0.05, 0.1) is 11.7 Å². The van der Waals surface area contributed by atoms with Gasteiger partial charge in [-0.15, -0.1) is 12.6 Å². The predicted molar refractivity (Wildman–Crippen MR) is 72.1 cm³/mol. The first-order valence-corrected chi connectivity index (χ1v) is 6.77. The van der Waals surface area contributed by atoms with Gasteiger partial charge in [0.15, 0.2) is 0 Å². The van der Waals surface area contributed by atoms with Crippen molar-refractivity contribution in [2.75, 3.05) is 7.11 Å². The lowest BCUT2D eigenvalue weighted by Crippen LogP contribution is -2.29. The molecule has 0 N–H and O–H groups in total. The summed E-state index contributed by atoms with van der Waals surface area (Å²) in [6, 6.07) is 4.02. The van der Waals surface area contributed by atoms with Crippen molar-refractivity contribution in [2.45, 2.75) is 42.8 Å². The van der Waals surface area contributed by atoms with E-state index in [1.165, 1.54) is 18.2 Å². The molecule has 2 atom stereocenters. The number of rotatable bonds is 3. The van der Waals surface area contributed by atoms with E-state index in [0.717, 1.165) is 25.7 Å². The van der Waals surface area contributed by atoms with Crippen LogP contribution in [0, 0.1) is 5.82 Å². The normalized spacial score (nSPS) is 23.1. The Kier molecular flexibility index (Phi) is 4.82. The van der Waals surface area contributed by atoms with E-state index in [0.29, 0.717) is 5.56 Å². The highest BCUT2D eigenvalue weighted by molar-refractivity contribution is 7.80. The number of thiol groups is 1. The molecule has 0 radical (unpaired) electrons. The van der Waals surface area contributed by atoms with Crippen LogP contribution in [-0.2, 0) is 9.47 Å². The van der Waals surface area contributed by atoms with Crippen molar-refractivity contribution < 1.29 is 18.7 Å². The topological polar surface area (TPSA) is 35.5 Å². The maximum absolute atomic E-state index is 13.1. The molecule has 0 heterocycles. The molecular weight excluding hydrogens is 267 g/mol. The van der Waals surface area contributed by atoms with Gasteiger partial charge >= 0.3 is 5.97 Å². The van der Waals surface area contributed by atoms with Crippen molar-refractivity contribution in [3.8, 4) is 0 Å². The summed E-state index contributed by atoms with van der Waals surface area (Å²) in [6.45, 7) is 0. The molecule has 5 heteroatoms. The van der Waals surface area contributed by atoms with Crippen LogP contribution in [0.15, 0.2) is 23.1 Å². The van der Waals surface area contributed by atoms with Crippen molar-refractivity contribution in [2.24, 2.45) is 0 Å². The molecule has 0 amide bonds. The summed E-state index contributed by atoms with van der Waals surface area (Å²) in [4.78, 5) is 12.1. The van der Waals surface area contributed by atoms with Gasteiger partial charge in [0.2, 0.25) is 0 Å². The summed E-state index contributed by atoms with van der Waals surface area (Å²) in [7, 11) is 1.67. The van der Waals surface area contributed by atoms with Gasteiger partial charge in [-0.1, -0.05) is 0 Å². The fourth-order valence-corrected chi connectivity index (χ4v) is 2.50. The van der Waals surface area contributed by atoms with E-state index in [1.807, 2.05) is 0 Å². The maximum Gasteiger partial charge on any atom is 0.338 e. The predicted octanol–water partition coefficient (Wildman–Crippen LogP) is 3.23. The number of esters is 1. The number of ether oxygens (including phenoxy) is 2. The second kappa shape index (κ2) is 6.39. The zero-order chi connectivity index (χ0) is 13.8. The molecule has 1 aromatic carbocycles. The summed E-state index contributed by atoms with van der Waals surface area (Å²) in [5.41, 5.74) is 0.325. The van der Waals surface area contributed by atoms with Crippen LogP contribution in [-0.4, -0.2) is 25.3 Å². The molecule has 2 unspecified atom stereocenters. The number of hydrogen-bond donors (Lipinski definition) is 1. The molecule has 0 spiro atoms. The van der Waals surface area contributed by atoms with Gasteiger partial charge in [0.25, 0.3) is 0 Å². The number of hydrogen-bond acceptors (Lipinski definition) is 4. The van der Waals surface area contributed by atoms with Gasteiger partial charge in [0, 0.05) is 18.4 Å². The third-order valence-electron chi connectivity index (χ3n) is 3.37. The lowest BCUT2D eigenvalue weighted by Gasteiger charge is -2.27. The van der Waals surface area contributed by atoms with Crippen molar-refractivity contribution >= 4 is 18.6 Å². The quantitative estimate of drug-likeness (QED) is 0.684. The SMILES string of the molecule is COC1CCCC(OC(=O)c2ccc(F)c(S)c2)C1. The van der Waals surface area contributed by atoms with Crippen LogP contribution in [0.4, 0.5) is 4.39 Å². The highest BCUT2D eigenvalue weighted by Gasteiger charge is 2.25. The van der Waals surface area contributed by atoms with Crippen LogP contribution < -0.4 is 0 Å². The summed E-state index contributed by atoms with van der Waals surface area (Å²) in [6.07, 6.45) is 3.58. The summed E-state index contributed by atoms with van der Waals surface area (Å²) >= 11 is 3.95. The highest BCUT2D eigenvalue weighted by Crippen LogP contribution is 2.24. The molecule has 1 saturated carbocycles. The Bertz CT molecular complexity index is 464. The third-order valence-corrected chi connectivity index (χ3v) is 3.71.